The van der Waals surface area contributed by atoms with Gasteiger partial charge in [-0.1, -0.05) is 5.57 Å². The van der Waals surface area contributed by atoms with Crippen molar-refractivity contribution in [3.63, 3.8) is 0 Å². The van der Waals surface area contributed by atoms with Crippen LogP contribution < -0.4 is 5.32 Å². The molecule has 1 aromatic rings. The molecule has 0 aromatic heterocycles. The first-order chi connectivity index (χ1) is 11.3. The Balaban J connectivity index is 1.96. The van der Waals surface area contributed by atoms with Crippen LogP contribution in [0.25, 0.3) is 0 Å². The molecule has 1 aliphatic carbocycles. The summed E-state index contributed by atoms with van der Waals surface area (Å²) in [6.07, 6.45) is 0.504. The number of halogens is 4. The number of rotatable bonds is 5. The van der Waals surface area contributed by atoms with Crippen LogP contribution in [-0.2, 0) is 6.18 Å². The molecule has 0 spiro atoms. The monoisotopic (exact) mass is 344 g/mol. The summed E-state index contributed by atoms with van der Waals surface area (Å²) in [7, 11) is 4.01. The second-order valence-corrected chi connectivity index (χ2v) is 6.57. The van der Waals surface area contributed by atoms with Gasteiger partial charge in [0.25, 0.3) is 0 Å². The van der Waals surface area contributed by atoms with E-state index in [1.165, 1.54) is 5.57 Å². The van der Waals surface area contributed by atoms with Gasteiger partial charge in [-0.25, -0.2) is 4.39 Å². The Hall–Kier alpha value is -1.56. The molecule has 134 valence electrons. The second kappa shape index (κ2) is 8.01. The van der Waals surface area contributed by atoms with E-state index in [4.69, 9.17) is 0 Å². The molecule has 1 aliphatic rings. The number of allylic oxidation sites excluding steroid dienone is 1. The third-order valence-corrected chi connectivity index (χ3v) is 4.40. The molecule has 0 radical (unpaired) electrons. The van der Waals surface area contributed by atoms with Crippen molar-refractivity contribution in [3.8, 4) is 0 Å². The van der Waals surface area contributed by atoms with Gasteiger partial charge in [0.05, 0.1) is 5.56 Å². The highest BCUT2D eigenvalue weighted by Gasteiger charge is 2.32. The van der Waals surface area contributed by atoms with Crippen LogP contribution in [0.15, 0.2) is 30.0 Å². The highest BCUT2D eigenvalue weighted by molar-refractivity contribution is 5.31. The average molecular weight is 344 g/mol. The van der Waals surface area contributed by atoms with E-state index in [9.17, 15) is 17.6 Å². The van der Waals surface area contributed by atoms with Crippen LogP contribution >= 0.6 is 0 Å². The van der Waals surface area contributed by atoms with E-state index in [-0.39, 0.29) is 11.5 Å². The summed E-state index contributed by atoms with van der Waals surface area (Å²) in [5.41, 5.74) is 0.674. The van der Waals surface area contributed by atoms with Gasteiger partial charge in [-0.3, -0.25) is 0 Å². The Morgan fingerprint density at radius 1 is 1.21 bits per heavy atom. The largest absolute Gasteiger partial charge is 0.416 e. The maximum absolute atomic E-state index is 14.0. The topological polar surface area (TPSA) is 15.3 Å². The zero-order valence-electron chi connectivity index (χ0n) is 14.1. The molecular formula is C18H24F4N2. The van der Waals surface area contributed by atoms with Gasteiger partial charge in [0.2, 0.25) is 0 Å². The summed E-state index contributed by atoms with van der Waals surface area (Å²) in [6, 6.07) is 2.72. The number of nitrogens with one attached hydrogen (secondary N) is 1. The minimum Gasteiger partial charge on any atom is -0.390 e. The average Bonchev–Trinajstić information content (AvgIpc) is 2.51. The van der Waals surface area contributed by atoms with Gasteiger partial charge < -0.3 is 10.2 Å². The minimum absolute atomic E-state index is 0.147. The fraction of sp³-hybridized carbons (Fsp3) is 0.556. The maximum Gasteiger partial charge on any atom is 0.416 e. The number of hydrogen-bond donors (Lipinski definition) is 1. The summed E-state index contributed by atoms with van der Waals surface area (Å²) < 4.78 is 52.4. The minimum atomic E-state index is -4.43. The zero-order valence-corrected chi connectivity index (χ0v) is 14.1. The molecule has 1 aromatic carbocycles. The highest BCUT2D eigenvalue weighted by Crippen LogP contribution is 2.39. The molecule has 0 heterocycles. The lowest BCUT2D eigenvalue weighted by atomic mass is 9.81. The second-order valence-electron chi connectivity index (χ2n) is 6.57. The molecular weight excluding hydrogens is 320 g/mol. The van der Waals surface area contributed by atoms with E-state index >= 15 is 0 Å². The van der Waals surface area contributed by atoms with Crippen LogP contribution in [0, 0.1) is 5.82 Å². The molecule has 24 heavy (non-hydrogen) atoms. The van der Waals surface area contributed by atoms with Crippen molar-refractivity contribution in [2.24, 2.45) is 0 Å². The number of alkyl halides is 3. The predicted molar refractivity (Wildman–Crippen MR) is 87.3 cm³/mol. The molecule has 1 fully saturated rings. The van der Waals surface area contributed by atoms with Gasteiger partial charge in [-0.2, -0.15) is 13.2 Å². The molecule has 0 atom stereocenters. The summed E-state index contributed by atoms with van der Waals surface area (Å²) >= 11 is 0. The van der Waals surface area contributed by atoms with Gasteiger partial charge in [0.15, 0.2) is 0 Å². The molecule has 0 aliphatic heterocycles. The van der Waals surface area contributed by atoms with Crippen LogP contribution in [-0.4, -0.2) is 32.1 Å². The number of hydrogen-bond acceptors (Lipinski definition) is 2. The Bertz CT molecular complexity index is 569. The Morgan fingerprint density at radius 2 is 1.88 bits per heavy atom. The fourth-order valence-electron chi connectivity index (χ4n) is 2.98. The third kappa shape index (κ3) is 5.23. The van der Waals surface area contributed by atoms with E-state index < -0.39 is 17.6 Å². The number of likely N-dealkylation sites (N-methyl/N-ethyl adjacent to an activating group) is 1. The summed E-state index contributed by atoms with van der Waals surface area (Å²) in [6.45, 7) is 1.78. The van der Waals surface area contributed by atoms with E-state index in [0.717, 1.165) is 44.1 Å². The van der Waals surface area contributed by atoms with Crippen molar-refractivity contribution in [3.05, 3.63) is 46.9 Å². The number of nitrogens with zero attached hydrogens (tertiary/aromatic N) is 1. The summed E-state index contributed by atoms with van der Waals surface area (Å²) in [5, 5.41) is 3.25. The first kappa shape index (κ1) is 18.8. The van der Waals surface area contributed by atoms with Crippen LogP contribution in [0.3, 0.4) is 0 Å². The van der Waals surface area contributed by atoms with Crippen LogP contribution in [0.1, 0.15) is 42.7 Å². The molecule has 0 unspecified atom stereocenters. The van der Waals surface area contributed by atoms with E-state index in [0.29, 0.717) is 12.8 Å². The predicted octanol–water partition coefficient (Wildman–Crippen LogP) is 4.54. The lowest BCUT2D eigenvalue weighted by Crippen LogP contribution is -2.23. The van der Waals surface area contributed by atoms with Crippen LogP contribution in [0.2, 0.25) is 0 Å². The first-order valence-electron chi connectivity index (χ1n) is 8.20. The van der Waals surface area contributed by atoms with Gasteiger partial charge in [-0.15, -0.1) is 0 Å². The van der Waals surface area contributed by atoms with E-state index in [1.54, 1.807) is 0 Å². The van der Waals surface area contributed by atoms with Crippen molar-refractivity contribution < 1.29 is 17.6 Å². The lowest BCUT2D eigenvalue weighted by molar-refractivity contribution is -0.137. The van der Waals surface area contributed by atoms with Crippen molar-refractivity contribution in [2.75, 3.05) is 27.2 Å². The normalized spacial score (nSPS) is 18.8. The van der Waals surface area contributed by atoms with Crippen molar-refractivity contribution in [1.82, 2.24) is 10.2 Å². The lowest BCUT2D eigenvalue weighted by Gasteiger charge is -2.25. The van der Waals surface area contributed by atoms with Crippen molar-refractivity contribution in [2.45, 2.75) is 37.8 Å². The SMILES string of the molecule is CN(C)CCNC=C1CCC(c2cc(C(F)(F)F)ccc2F)CC1. The highest BCUT2D eigenvalue weighted by atomic mass is 19.4. The molecule has 1 saturated carbocycles. The van der Waals surface area contributed by atoms with Crippen molar-refractivity contribution >= 4 is 0 Å². The standard InChI is InChI=1S/C18H24F4N2/c1-24(2)10-9-23-12-13-3-5-14(6-4-13)16-11-15(18(20,21)22)7-8-17(16)19/h7-8,11-12,14,23H,3-6,9-10H2,1-2H3. The molecule has 1 N–H and O–H groups in total. The molecule has 0 bridgehead atoms. The molecule has 2 rings (SSSR count). The summed E-state index contributed by atoms with van der Waals surface area (Å²) in [4.78, 5) is 2.08. The summed E-state index contributed by atoms with van der Waals surface area (Å²) in [5.74, 6) is -0.684. The Labute approximate surface area is 140 Å². The van der Waals surface area contributed by atoms with Crippen LogP contribution in [0.4, 0.5) is 17.6 Å². The smallest absolute Gasteiger partial charge is 0.390 e. The molecule has 0 saturated heterocycles. The van der Waals surface area contributed by atoms with Crippen LogP contribution in [0.5, 0.6) is 0 Å². The fourth-order valence-corrected chi connectivity index (χ4v) is 2.98. The third-order valence-electron chi connectivity index (χ3n) is 4.40. The van der Waals surface area contributed by atoms with Gasteiger partial charge in [0, 0.05) is 13.1 Å². The maximum atomic E-state index is 14.0. The quantitative estimate of drug-likeness (QED) is 0.623. The van der Waals surface area contributed by atoms with E-state index in [1.807, 2.05) is 20.3 Å². The van der Waals surface area contributed by atoms with Gasteiger partial charge in [-0.05, 0) is 75.7 Å². The van der Waals surface area contributed by atoms with E-state index in [2.05, 4.69) is 10.2 Å². The van der Waals surface area contributed by atoms with Crippen molar-refractivity contribution in [1.29, 1.82) is 0 Å². The molecule has 0 amide bonds. The zero-order chi connectivity index (χ0) is 17.7. The molecule has 6 heteroatoms. The number of benzene rings is 1. The first-order valence-corrected chi connectivity index (χ1v) is 8.20. The van der Waals surface area contributed by atoms with Gasteiger partial charge in [0.1, 0.15) is 5.82 Å². The van der Waals surface area contributed by atoms with Gasteiger partial charge >= 0.3 is 6.18 Å². The Morgan fingerprint density at radius 3 is 2.46 bits per heavy atom. The molecule has 2 nitrogen and oxygen atoms in total. The Kier molecular flexibility index (Phi) is 6.27.